The number of anilines is 1. The van der Waals surface area contributed by atoms with Crippen molar-refractivity contribution in [2.24, 2.45) is 0 Å². The summed E-state index contributed by atoms with van der Waals surface area (Å²) in [7, 11) is 0. The van der Waals surface area contributed by atoms with Gasteiger partial charge in [0.1, 0.15) is 5.56 Å². The highest BCUT2D eigenvalue weighted by atomic mass is 16.6. The van der Waals surface area contributed by atoms with Crippen molar-refractivity contribution in [2.45, 2.75) is 26.7 Å². The molecule has 0 saturated carbocycles. The van der Waals surface area contributed by atoms with Gasteiger partial charge in [-0.2, -0.15) is 0 Å². The van der Waals surface area contributed by atoms with Crippen molar-refractivity contribution in [1.82, 2.24) is 0 Å². The van der Waals surface area contributed by atoms with Crippen molar-refractivity contribution in [3.63, 3.8) is 0 Å². The fourth-order valence-corrected chi connectivity index (χ4v) is 2.51. The van der Waals surface area contributed by atoms with Crippen LogP contribution in [0.2, 0.25) is 0 Å². The van der Waals surface area contributed by atoms with Crippen LogP contribution >= 0.6 is 0 Å². The van der Waals surface area contributed by atoms with Crippen molar-refractivity contribution in [1.29, 1.82) is 0 Å². The summed E-state index contributed by atoms with van der Waals surface area (Å²) in [6, 6.07) is 7.90. The molecular weight excluding hydrogens is 382 g/mol. The molecule has 0 aliphatic carbocycles. The number of nitrogens with zero attached hydrogens (tertiary/aromatic N) is 2. The van der Waals surface area contributed by atoms with Crippen LogP contribution in [0.25, 0.3) is 0 Å². The van der Waals surface area contributed by atoms with Gasteiger partial charge in [0.2, 0.25) is 0 Å². The molecule has 2 rings (SSSR count). The topological polar surface area (TPSA) is 142 Å². The molecule has 152 valence electrons. The van der Waals surface area contributed by atoms with E-state index in [0.717, 1.165) is 25.0 Å². The Kier molecular flexibility index (Phi) is 6.96. The smallest absolute Gasteiger partial charge is 0.338 e. The summed E-state index contributed by atoms with van der Waals surface area (Å²) >= 11 is 0. The molecule has 29 heavy (non-hydrogen) atoms. The van der Waals surface area contributed by atoms with E-state index in [1.165, 1.54) is 31.2 Å². The van der Waals surface area contributed by atoms with E-state index in [4.69, 9.17) is 4.74 Å². The molecule has 1 amide bonds. The number of esters is 1. The quantitative estimate of drug-likeness (QED) is 0.305. The molecule has 0 aliphatic rings. The Bertz CT molecular complexity index is 937. The van der Waals surface area contributed by atoms with Gasteiger partial charge in [0.25, 0.3) is 17.3 Å². The van der Waals surface area contributed by atoms with Crippen molar-refractivity contribution in [2.75, 3.05) is 11.9 Å². The highest BCUT2D eigenvalue weighted by molar-refractivity contribution is 6.05. The number of nitro benzene ring substituents is 2. The first-order chi connectivity index (χ1) is 13.7. The number of hydrogen-bond donors (Lipinski definition) is 1. The lowest BCUT2D eigenvalue weighted by molar-refractivity contribution is -0.395. The lowest BCUT2D eigenvalue weighted by Gasteiger charge is -2.09. The molecule has 0 aromatic heterocycles. The van der Waals surface area contributed by atoms with Crippen molar-refractivity contribution >= 4 is 28.9 Å². The molecule has 1 N–H and O–H groups in total. The van der Waals surface area contributed by atoms with Crippen LogP contribution in [0.3, 0.4) is 0 Å². The van der Waals surface area contributed by atoms with Crippen LogP contribution in [-0.2, 0) is 4.74 Å². The molecule has 10 heteroatoms. The summed E-state index contributed by atoms with van der Waals surface area (Å²) in [5.74, 6) is -1.33. The molecule has 0 atom stereocenters. The molecule has 2 aromatic carbocycles. The van der Waals surface area contributed by atoms with Gasteiger partial charge in [-0.1, -0.05) is 19.4 Å². The number of amides is 1. The Morgan fingerprint density at radius 3 is 2.21 bits per heavy atom. The Hall–Kier alpha value is -3.82. The minimum absolute atomic E-state index is 0.145. The van der Waals surface area contributed by atoms with Gasteiger partial charge in [-0.15, -0.1) is 0 Å². The lowest BCUT2D eigenvalue weighted by atomic mass is 10.1. The van der Waals surface area contributed by atoms with Gasteiger partial charge in [-0.25, -0.2) is 4.79 Å². The van der Waals surface area contributed by atoms with Gasteiger partial charge < -0.3 is 10.1 Å². The number of hydrogen-bond acceptors (Lipinski definition) is 7. The van der Waals surface area contributed by atoms with Crippen molar-refractivity contribution in [3.05, 3.63) is 73.3 Å². The summed E-state index contributed by atoms with van der Waals surface area (Å²) in [5.41, 5.74) is -0.987. The molecule has 0 bridgehead atoms. The van der Waals surface area contributed by atoms with Crippen LogP contribution in [0, 0.1) is 27.2 Å². The zero-order chi connectivity index (χ0) is 21.6. The maximum Gasteiger partial charge on any atom is 0.338 e. The SMILES string of the molecule is CCCCOC(=O)c1cccc(NC(=O)c2cc([N+](=O)[O-])c(C)c([N+](=O)[O-])c2)c1. The number of unbranched alkanes of at least 4 members (excludes halogenated alkanes) is 1. The average Bonchev–Trinajstić information content (AvgIpc) is 2.67. The summed E-state index contributed by atoms with van der Waals surface area (Å²) in [6.07, 6.45) is 1.60. The summed E-state index contributed by atoms with van der Waals surface area (Å²) in [4.78, 5) is 45.3. The summed E-state index contributed by atoms with van der Waals surface area (Å²) < 4.78 is 5.11. The third kappa shape index (κ3) is 5.34. The average molecular weight is 401 g/mol. The van der Waals surface area contributed by atoms with Crippen LogP contribution in [-0.4, -0.2) is 28.3 Å². The molecule has 0 saturated heterocycles. The van der Waals surface area contributed by atoms with E-state index >= 15 is 0 Å². The van der Waals surface area contributed by atoms with Crippen LogP contribution in [0.4, 0.5) is 17.1 Å². The van der Waals surface area contributed by atoms with Gasteiger partial charge in [0, 0.05) is 17.8 Å². The van der Waals surface area contributed by atoms with Crippen LogP contribution in [0.15, 0.2) is 36.4 Å². The van der Waals surface area contributed by atoms with E-state index in [-0.39, 0.29) is 29.0 Å². The normalized spacial score (nSPS) is 10.3. The van der Waals surface area contributed by atoms with Crippen LogP contribution < -0.4 is 5.32 Å². The molecular formula is C19H19N3O7. The van der Waals surface area contributed by atoms with Gasteiger partial charge in [-0.3, -0.25) is 25.0 Å². The van der Waals surface area contributed by atoms with Crippen LogP contribution in [0.5, 0.6) is 0 Å². The lowest BCUT2D eigenvalue weighted by Crippen LogP contribution is -2.14. The van der Waals surface area contributed by atoms with E-state index in [9.17, 15) is 29.8 Å². The fraction of sp³-hybridized carbons (Fsp3) is 0.263. The van der Waals surface area contributed by atoms with E-state index in [2.05, 4.69) is 5.32 Å². The van der Waals surface area contributed by atoms with Crippen LogP contribution in [0.1, 0.15) is 46.0 Å². The maximum absolute atomic E-state index is 12.5. The number of benzene rings is 2. The Morgan fingerprint density at radius 2 is 1.66 bits per heavy atom. The summed E-state index contributed by atoms with van der Waals surface area (Å²) in [5, 5.41) is 24.8. The third-order valence-corrected chi connectivity index (χ3v) is 4.10. The van der Waals surface area contributed by atoms with Crippen molar-refractivity contribution < 1.29 is 24.2 Å². The molecule has 0 spiro atoms. The monoisotopic (exact) mass is 401 g/mol. The minimum Gasteiger partial charge on any atom is -0.462 e. The molecule has 0 fully saturated rings. The predicted octanol–water partition coefficient (Wildman–Crippen LogP) is 4.02. The largest absolute Gasteiger partial charge is 0.462 e. The Morgan fingerprint density at radius 1 is 1.03 bits per heavy atom. The number of nitrogens with one attached hydrogen (secondary N) is 1. The third-order valence-electron chi connectivity index (χ3n) is 4.10. The number of nitro groups is 2. The Balaban J connectivity index is 2.26. The number of ether oxygens (including phenoxy) is 1. The predicted molar refractivity (Wildman–Crippen MR) is 104 cm³/mol. The van der Waals surface area contributed by atoms with Gasteiger partial charge in [-0.05, 0) is 31.5 Å². The number of carbonyl (C=O) groups is 2. The first kappa shape index (κ1) is 21.5. The highest BCUT2D eigenvalue weighted by Gasteiger charge is 2.25. The van der Waals surface area contributed by atoms with E-state index in [1.54, 1.807) is 0 Å². The number of carbonyl (C=O) groups excluding carboxylic acids is 2. The fourth-order valence-electron chi connectivity index (χ4n) is 2.51. The second kappa shape index (κ2) is 9.40. The zero-order valence-corrected chi connectivity index (χ0v) is 15.8. The maximum atomic E-state index is 12.5. The second-order valence-corrected chi connectivity index (χ2v) is 6.18. The van der Waals surface area contributed by atoms with Gasteiger partial charge >= 0.3 is 5.97 Å². The van der Waals surface area contributed by atoms with Gasteiger partial charge in [0.05, 0.1) is 27.6 Å². The number of rotatable bonds is 8. The standard InChI is InChI=1S/C19H19N3O7/c1-3-4-8-29-19(24)13-6-5-7-15(9-13)20-18(23)14-10-16(21(25)26)12(2)17(11-14)22(27)28/h5-7,9-11H,3-4,8H2,1-2H3,(H,20,23). The molecule has 0 aliphatic heterocycles. The highest BCUT2D eigenvalue weighted by Crippen LogP contribution is 2.29. The Labute approximate surface area is 165 Å². The molecule has 2 aromatic rings. The second-order valence-electron chi connectivity index (χ2n) is 6.18. The zero-order valence-electron chi connectivity index (χ0n) is 15.8. The molecule has 0 heterocycles. The van der Waals surface area contributed by atoms with Gasteiger partial charge in [0.15, 0.2) is 0 Å². The molecule has 0 radical (unpaired) electrons. The van der Waals surface area contributed by atoms with E-state index in [1.807, 2.05) is 6.92 Å². The van der Waals surface area contributed by atoms with E-state index < -0.39 is 33.1 Å². The van der Waals surface area contributed by atoms with Crippen molar-refractivity contribution in [3.8, 4) is 0 Å². The molecule has 0 unspecified atom stereocenters. The first-order valence-corrected chi connectivity index (χ1v) is 8.76. The minimum atomic E-state index is -0.786. The summed E-state index contributed by atoms with van der Waals surface area (Å²) in [6.45, 7) is 3.48. The first-order valence-electron chi connectivity index (χ1n) is 8.76. The molecule has 10 nitrogen and oxygen atoms in total. The van der Waals surface area contributed by atoms with E-state index in [0.29, 0.717) is 0 Å².